The number of benzene rings is 1. The minimum atomic E-state index is -1.23. The normalized spacial score (nSPS) is 11.2. The number of phenolic OH excluding ortho intramolecular Hbond substituents is 1. The summed E-state index contributed by atoms with van der Waals surface area (Å²) in [6.45, 7) is 2.97. The van der Waals surface area contributed by atoms with Crippen LogP contribution in [0.5, 0.6) is 11.5 Å². The number of hydrogen-bond donors (Lipinski definition) is 2. The third-order valence-electron chi connectivity index (χ3n) is 2.47. The third kappa shape index (κ3) is 2.07. The molecule has 0 aliphatic carbocycles. The number of halogens is 1. The van der Waals surface area contributed by atoms with E-state index in [-0.39, 0.29) is 17.1 Å². The van der Waals surface area contributed by atoms with Crippen LogP contribution in [0, 0.1) is 0 Å². The molecule has 0 aliphatic rings. The smallest absolute Gasteiger partial charge is 0.313 e. The van der Waals surface area contributed by atoms with Gasteiger partial charge in [0.15, 0.2) is 11.5 Å². The van der Waals surface area contributed by atoms with E-state index in [4.69, 9.17) is 21.4 Å². The molecule has 0 heterocycles. The highest BCUT2D eigenvalue weighted by atomic mass is 35.5. The van der Waals surface area contributed by atoms with Gasteiger partial charge in [-0.15, -0.1) is 0 Å². The summed E-state index contributed by atoms with van der Waals surface area (Å²) < 4.78 is 4.91. The molecule has 0 fully saturated rings. The van der Waals surface area contributed by atoms with E-state index in [0.717, 1.165) is 0 Å². The molecule has 0 radical (unpaired) electrons. The van der Waals surface area contributed by atoms with Gasteiger partial charge in [0.2, 0.25) is 0 Å². The second kappa shape index (κ2) is 4.22. The molecule has 5 heteroatoms. The van der Waals surface area contributed by atoms with E-state index < -0.39 is 11.4 Å². The van der Waals surface area contributed by atoms with Crippen LogP contribution < -0.4 is 4.74 Å². The number of aliphatic carboxylic acids is 1. The molecule has 0 spiro atoms. The zero-order chi connectivity index (χ0) is 12.5. The van der Waals surface area contributed by atoms with Crippen LogP contribution in [0.15, 0.2) is 12.1 Å². The molecular weight excluding hydrogens is 232 g/mol. The van der Waals surface area contributed by atoms with Crippen LogP contribution in [-0.4, -0.2) is 23.3 Å². The Morgan fingerprint density at radius 2 is 2.00 bits per heavy atom. The SMILES string of the molecule is COc1cc(Cl)cc(C(C)(C)C(=O)O)c1O. The monoisotopic (exact) mass is 244 g/mol. The van der Waals surface area contributed by atoms with Gasteiger partial charge in [0.25, 0.3) is 0 Å². The Kier molecular flexibility index (Phi) is 3.33. The lowest BCUT2D eigenvalue weighted by molar-refractivity contribution is -0.142. The van der Waals surface area contributed by atoms with Gasteiger partial charge >= 0.3 is 5.97 Å². The van der Waals surface area contributed by atoms with Crippen molar-refractivity contribution in [3.05, 3.63) is 22.7 Å². The van der Waals surface area contributed by atoms with E-state index in [0.29, 0.717) is 5.02 Å². The molecule has 1 aromatic rings. The third-order valence-corrected chi connectivity index (χ3v) is 2.69. The van der Waals surface area contributed by atoms with Crippen molar-refractivity contribution in [2.75, 3.05) is 7.11 Å². The summed E-state index contributed by atoms with van der Waals surface area (Å²) in [5.74, 6) is -1.08. The zero-order valence-electron chi connectivity index (χ0n) is 9.24. The number of carboxylic acid groups (broad SMARTS) is 1. The summed E-state index contributed by atoms with van der Waals surface area (Å²) in [5, 5.41) is 19.2. The van der Waals surface area contributed by atoms with Gasteiger partial charge in [-0.3, -0.25) is 4.79 Å². The van der Waals surface area contributed by atoms with Crippen molar-refractivity contribution in [1.82, 2.24) is 0 Å². The predicted molar refractivity (Wildman–Crippen MR) is 60.3 cm³/mol. The number of phenols is 1. The fourth-order valence-corrected chi connectivity index (χ4v) is 1.53. The first-order valence-electron chi connectivity index (χ1n) is 4.61. The van der Waals surface area contributed by atoms with Crippen molar-refractivity contribution in [2.24, 2.45) is 0 Å². The summed E-state index contributed by atoms with van der Waals surface area (Å²) in [6.07, 6.45) is 0. The van der Waals surface area contributed by atoms with E-state index in [1.807, 2.05) is 0 Å². The first kappa shape index (κ1) is 12.6. The average molecular weight is 245 g/mol. The van der Waals surface area contributed by atoms with Crippen molar-refractivity contribution >= 4 is 17.6 Å². The van der Waals surface area contributed by atoms with Crippen LogP contribution in [-0.2, 0) is 10.2 Å². The second-order valence-corrected chi connectivity index (χ2v) is 4.37. The standard InChI is InChI=1S/C11H13ClO4/c1-11(2,10(14)15)7-4-6(12)5-8(16-3)9(7)13/h4-5,13H,1-3H3,(H,14,15). The molecule has 1 aromatic carbocycles. The largest absolute Gasteiger partial charge is 0.504 e. The zero-order valence-corrected chi connectivity index (χ0v) is 10.00. The Morgan fingerprint density at radius 3 is 2.44 bits per heavy atom. The maximum Gasteiger partial charge on any atom is 0.313 e. The number of ether oxygens (including phenoxy) is 1. The van der Waals surface area contributed by atoms with Crippen LogP contribution in [0.1, 0.15) is 19.4 Å². The maximum atomic E-state index is 11.1. The molecule has 0 atom stereocenters. The predicted octanol–water partition coefficient (Wildman–Crippen LogP) is 2.42. The molecule has 0 unspecified atom stereocenters. The Balaban J connectivity index is 3.45. The minimum Gasteiger partial charge on any atom is -0.504 e. The Labute approximate surface area is 98.4 Å². The molecule has 0 saturated carbocycles. The Morgan fingerprint density at radius 1 is 1.44 bits per heavy atom. The molecule has 0 amide bonds. The summed E-state index contributed by atoms with van der Waals surface area (Å²) in [6, 6.07) is 2.85. The molecule has 88 valence electrons. The van der Waals surface area contributed by atoms with Gasteiger partial charge < -0.3 is 14.9 Å². The highest BCUT2D eigenvalue weighted by Gasteiger charge is 2.33. The molecule has 0 bridgehead atoms. The first-order valence-corrected chi connectivity index (χ1v) is 4.99. The number of aromatic hydroxyl groups is 1. The Hall–Kier alpha value is -1.42. The lowest BCUT2D eigenvalue weighted by atomic mass is 9.84. The van der Waals surface area contributed by atoms with E-state index in [9.17, 15) is 9.90 Å². The maximum absolute atomic E-state index is 11.1. The number of hydrogen-bond acceptors (Lipinski definition) is 3. The minimum absolute atomic E-state index is 0.164. The van der Waals surface area contributed by atoms with Gasteiger partial charge in [0, 0.05) is 16.7 Å². The van der Waals surface area contributed by atoms with Crippen LogP contribution in [0.25, 0.3) is 0 Å². The van der Waals surface area contributed by atoms with E-state index in [1.54, 1.807) is 0 Å². The van der Waals surface area contributed by atoms with Crippen LogP contribution in [0.3, 0.4) is 0 Å². The van der Waals surface area contributed by atoms with E-state index >= 15 is 0 Å². The van der Waals surface area contributed by atoms with Crippen molar-refractivity contribution in [3.8, 4) is 11.5 Å². The fraction of sp³-hybridized carbons (Fsp3) is 0.364. The topological polar surface area (TPSA) is 66.8 Å². The first-order chi connectivity index (χ1) is 7.30. The van der Waals surface area contributed by atoms with Crippen molar-refractivity contribution in [3.63, 3.8) is 0 Å². The average Bonchev–Trinajstić information content (AvgIpc) is 2.20. The van der Waals surface area contributed by atoms with Crippen LogP contribution in [0.2, 0.25) is 5.02 Å². The molecule has 1 rings (SSSR count). The summed E-state index contributed by atoms with van der Waals surface area (Å²) in [4.78, 5) is 11.1. The van der Waals surface area contributed by atoms with E-state index in [2.05, 4.69) is 0 Å². The Bertz CT molecular complexity index is 426. The summed E-state index contributed by atoms with van der Waals surface area (Å²) in [5.41, 5.74) is -1.01. The highest BCUT2D eigenvalue weighted by molar-refractivity contribution is 6.30. The highest BCUT2D eigenvalue weighted by Crippen LogP contribution is 2.40. The van der Waals surface area contributed by atoms with Crippen molar-refractivity contribution in [1.29, 1.82) is 0 Å². The molecule has 2 N–H and O–H groups in total. The van der Waals surface area contributed by atoms with Gasteiger partial charge in [0.05, 0.1) is 12.5 Å². The van der Waals surface area contributed by atoms with Gasteiger partial charge in [0.1, 0.15) is 0 Å². The number of carboxylic acids is 1. The van der Waals surface area contributed by atoms with Gasteiger partial charge in [-0.2, -0.15) is 0 Å². The number of rotatable bonds is 3. The van der Waals surface area contributed by atoms with Gasteiger partial charge in [-0.1, -0.05) is 11.6 Å². The molecule has 0 aliphatic heterocycles. The molecule has 16 heavy (non-hydrogen) atoms. The van der Waals surface area contributed by atoms with Crippen molar-refractivity contribution in [2.45, 2.75) is 19.3 Å². The lowest BCUT2D eigenvalue weighted by Crippen LogP contribution is -2.28. The molecule has 0 aromatic heterocycles. The van der Waals surface area contributed by atoms with E-state index in [1.165, 1.54) is 33.1 Å². The molecule has 4 nitrogen and oxygen atoms in total. The van der Waals surface area contributed by atoms with Crippen LogP contribution >= 0.6 is 11.6 Å². The summed E-state index contributed by atoms with van der Waals surface area (Å²) >= 11 is 5.83. The summed E-state index contributed by atoms with van der Waals surface area (Å²) in [7, 11) is 1.38. The second-order valence-electron chi connectivity index (χ2n) is 3.93. The van der Waals surface area contributed by atoms with Crippen LogP contribution in [0.4, 0.5) is 0 Å². The van der Waals surface area contributed by atoms with Crippen molar-refractivity contribution < 1.29 is 19.7 Å². The lowest BCUT2D eigenvalue weighted by Gasteiger charge is -2.22. The molecular formula is C11H13ClO4. The fourth-order valence-electron chi connectivity index (χ4n) is 1.32. The van der Waals surface area contributed by atoms with Gasteiger partial charge in [-0.05, 0) is 19.9 Å². The molecule has 0 saturated heterocycles. The van der Waals surface area contributed by atoms with Gasteiger partial charge in [-0.25, -0.2) is 0 Å². The number of carbonyl (C=O) groups is 1. The quantitative estimate of drug-likeness (QED) is 0.857. The number of methoxy groups -OCH3 is 1.